The molecule has 3 aromatic rings. The Morgan fingerprint density at radius 1 is 1.07 bits per heavy atom. The number of hydrogen-bond acceptors (Lipinski definition) is 5. The highest BCUT2D eigenvalue weighted by molar-refractivity contribution is 5.77. The summed E-state index contributed by atoms with van der Waals surface area (Å²) in [6, 6.07) is 9.79. The van der Waals surface area contributed by atoms with Crippen LogP contribution in [-0.2, 0) is 13.1 Å². The van der Waals surface area contributed by atoms with Crippen LogP contribution in [0.4, 0.5) is 10.7 Å². The van der Waals surface area contributed by atoms with Crippen molar-refractivity contribution < 1.29 is 4.79 Å². The summed E-state index contributed by atoms with van der Waals surface area (Å²) in [5.74, 6) is 1.59. The highest BCUT2D eigenvalue weighted by Crippen LogP contribution is 2.16. The summed E-state index contributed by atoms with van der Waals surface area (Å²) in [4.78, 5) is 29.7. The quantitative estimate of drug-likeness (QED) is 0.764. The van der Waals surface area contributed by atoms with Gasteiger partial charge in [0.25, 0.3) is 0 Å². The molecule has 1 aliphatic heterocycles. The van der Waals surface area contributed by atoms with Crippen molar-refractivity contribution in [3.05, 3.63) is 48.5 Å². The van der Waals surface area contributed by atoms with Gasteiger partial charge in [0, 0.05) is 45.1 Å². The molecule has 8 heteroatoms. The Kier molecular flexibility index (Phi) is 4.86. The number of fused-ring (bicyclic) bond motifs is 1. The normalized spacial score (nSPS) is 14.6. The van der Waals surface area contributed by atoms with E-state index in [9.17, 15) is 4.79 Å². The second kappa shape index (κ2) is 7.61. The van der Waals surface area contributed by atoms with Crippen LogP contribution in [0.15, 0.2) is 42.7 Å². The van der Waals surface area contributed by atoms with Gasteiger partial charge in [0.05, 0.1) is 17.6 Å². The topological polar surface area (TPSA) is 79.2 Å². The number of aryl methyl sites for hydroxylation is 1. The van der Waals surface area contributed by atoms with Crippen LogP contribution in [0, 0.1) is 0 Å². The molecule has 140 valence electrons. The Morgan fingerprint density at radius 3 is 2.56 bits per heavy atom. The molecular weight excluding hydrogens is 342 g/mol. The molecule has 0 saturated carbocycles. The lowest BCUT2D eigenvalue weighted by Crippen LogP contribution is -2.52. The summed E-state index contributed by atoms with van der Waals surface area (Å²) < 4.78 is 2.14. The predicted molar refractivity (Wildman–Crippen MR) is 103 cm³/mol. The Labute approximate surface area is 157 Å². The van der Waals surface area contributed by atoms with Crippen LogP contribution in [0.3, 0.4) is 0 Å². The van der Waals surface area contributed by atoms with Gasteiger partial charge in [-0.1, -0.05) is 12.1 Å². The number of benzene rings is 1. The van der Waals surface area contributed by atoms with Gasteiger partial charge in [-0.2, -0.15) is 0 Å². The molecule has 0 atom stereocenters. The number of nitrogens with zero attached hydrogens (tertiary/aromatic N) is 6. The van der Waals surface area contributed by atoms with E-state index in [4.69, 9.17) is 0 Å². The summed E-state index contributed by atoms with van der Waals surface area (Å²) in [5.41, 5.74) is 2.06. The minimum Gasteiger partial charge on any atom is -0.337 e. The number of amides is 2. The standard InChI is InChI=1S/C19H23N7O/c1-2-26-16-7-4-3-6-15(16)23-17(26)14-22-19(27)25-12-10-24(11-13-25)18-20-8-5-9-21-18/h3-9H,2,10-14H2,1H3,(H,22,27). The fraction of sp³-hybridized carbons (Fsp3) is 0.368. The van der Waals surface area contributed by atoms with E-state index in [2.05, 4.69) is 42.7 Å². The molecule has 1 aromatic carbocycles. The van der Waals surface area contributed by atoms with Gasteiger partial charge in [0.2, 0.25) is 5.95 Å². The first-order chi connectivity index (χ1) is 13.3. The number of anilines is 1. The second-order valence-corrected chi connectivity index (χ2v) is 6.44. The SMILES string of the molecule is CCn1c(CNC(=O)N2CCN(c3ncccn3)CC2)nc2ccccc21. The lowest BCUT2D eigenvalue weighted by molar-refractivity contribution is 0.193. The van der Waals surface area contributed by atoms with Crippen LogP contribution >= 0.6 is 0 Å². The molecule has 8 nitrogen and oxygen atoms in total. The number of carbonyl (C=O) groups is 1. The maximum absolute atomic E-state index is 12.6. The molecule has 1 saturated heterocycles. The number of urea groups is 1. The number of imidazole rings is 1. The lowest BCUT2D eigenvalue weighted by Gasteiger charge is -2.34. The first kappa shape index (κ1) is 17.3. The third kappa shape index (κ3) is 3.55. The van der Waals surface area contributed by atoms with Crippen molar-refractivity contribution in [3.8, 4) is 0 Å². The van der Waals surface area contributed by atoms with Gasteiger partial charge in [0.15, 0.2) is 0 Å². The van der Waals surface area contributed by atoms with E-state index in [0.29, 0.717) is 25.6 Å². The summed E-state index contributed by atoms with van der Waals surface area (Å²) in [7, 11) is 0. The second-order valence-electron chi connectivity index (χ2n) is 6.44. The van der Waals surface area contributed by atoms with Crippen LogP contribution in [0.5, 0.6) is 0 Å². The van der Waals surface area contributed by atoms with Gasteiger partial charge in [0.1, 0.15) is 5.82 Å². The van der Waals surface area contributed by atoms with Crippen molar-refractivity contribution in [1.29, 1.82) is 0 Å². The largest absolute Gasteiger partial charge is 0.337 e. The third-order valence-corrected chi connectivity index (χ3v) is 4.85. The van der Waals surface area contributed by atoms with E-state index in [-0.39, 0.29) is 6.03 Å². The maximum Gasteiger partial charge on any atom is 0.317 e. The molecule has 0 spiro atoms. The van der Waals surface area contributed by atoms with Gasteiger partial charge in [-0.05, 0) is 25.1 Å². The fourth-order valence-corrected chi connectivity index (χ4v) is 3.44. The summed E-state index contributed by atoms with van der Waals surface area (Å²) in [6.45, 7) is 6.08. The van der Waals surface area contributed by atoms with Crippen LogP contribution in [0.25, 0.3) is 11.0 Å². The molecule has 2 amide bonds. The number of rotatable bonds is 4. The summed E-state index contributed by atoms with van der Waals surface area (Å²) >= 11 is 0. The highest BCUT2D eigenvalue weighted by atomic mass is 16.2. The van der Waals surface area contributed by atoms with Crippen molar-refractivity contribution in [2.24, 2.45) is 0 Å². The minimum atomic E-state index is -0.0571. The third-order valence-electron chi connectivity index (χ3n) is 4.85. The number of piperazine rings is 1. The van der Waals surface area contributed by atoms with E-state index in [1.807, 2.05) is 23.1 Å². The van der Waals surface area contributed by atoms with Crippen LogP contribution in [0.2, 0.25) is 0 Å². The van der Waals surface area contributed by atoms with E-state index in [1.54, 1.807) is 18.5 Å². The monoisotopic (exact) mass is 365 g/mol. The zero-order valence-electron chi connectivity index (χ0n) is 15.4. The average molecular weight is 365 g/mol. The number of carbonyl (C=O) groups excluding carboxylic acids is 1. The molecule has 0 radical (unpaired) electrons. The molecule has 4 rings (SSSR count). The molecule has 2 aromatic heterocycles. The average Bonchev–Trinajstić information content (AvgIpc) is 3.10. The molecular formula is C19H23N7O. The number of nitrogens with one attached hydrogen (secondary N) is 1. The summed E-state index contributed by atoms with van der Waals surface area (Å²) in [6.07, 6.45) is 3.47. The van der Waals surface area contributed by atoms with Crippen molar-refractivity contribution in [1.82, 2.24) is 29.7 Å². The Balaban J connectivity index is 1.35. The zero-order valence-corrected chi connectivity index (χ0v) is 15.4. The maximum atomic E-state index is 12.6. The smallest absolute Gasteiger partial charge is 0.317 e. The molecule has 1 aliphatic rings. The molecule has 1 N–H and O–H groups in total. The summed E-state index contributed by atoms with van der Waals surface area (Å²) in [5, 5.41) is 3.01. The van der Waals surface area contributed by atoms with Crippen LogP contribution < -0.4 is 10.2 Å². The van der Waals surface area contributed by atoms with E-state index in [1.165, 1.54) is 0 Å². The molecule has 1 fully saturated rings. The molecule has 0 bridgehead atoms. The molecule has 0 unspecified atom stereocenters. The van der Waals surface area contributed by atoms with Crippen molar-refractivity contribution >= 4 is 23.0 Å². The van der Waals surface area contributed by atoms with E-state index in [0.717, 1.165) is 36.5 Å². The molecule has 0 aliphatic carbocycles. The fourth-order valence-electron chi connectivity index (χ4n) is 3.44. The van der Waals surface area contributed by atoms with Crippen molar-refractivity contribution in [3.63, 3.8) is 0 Å². The molecule has 3 heterocycles. The van der Waals surface area contributed by atoms with Crippen LogP contribution in [-0.4, -0.2) is 56.6 Å². The minimum absolute atomic E-state index is 0.0571. The molecule has 27 heavy (non-hydrogen) atoms. The lowest BCUT2D eigenvalue weighted by atomic mass is 10.3. The van der Waals surface area contributed by atoms with Gasteiger partial charge in [-0.15, -0.1) is 0 Å². The first-order valence-electron chi connectivity index (χ1n) is 9.25. The van der Waals surface area contributed by atoms with Crippen molar-refractivity contribution in [2.75, 3.05) is 31.1 Å². The van der Waals surface area contributed by atoms with Gasteiger partial charge >= 0.3 is 6.03 Å². The van der Waals surface area contributed by atoms with E-state index < -0.39 is 0 Å². The van der Waals surface area contributed by atoms with Crippen molar-refractivity contribution in [2.45, 2.75) is 20.0 Å². The van der Waals surface area contributed by atoms with E-state index >= 15 is 0 Å². The highest BCUT2D eigenvalue weighted by Gasteiger charge is 2.22. The Bertz CT molecular complexity index is 916. The number of para-hydroxylation sites is 2. The predicted octanol–water partition coefficient (Wildman–Crippen LogP) is 1.88. The van der Waals surface area contributed by atoms with Gasteiger partial charge in [-0.25, -0.2) is 19.7 Å². The Hall–Kier alpha value is -3.16. The first-order valence-corrected chi connectivity index (χ1v) is 9.25. The number of aromatic nitrogens is 4. The Morgan fingerprint density at radius 2 is 1.81 bits per heavy atom. The van der Waals surface area contributed by atoms with Gasteiger partial charge < -0.3 is 19.7 Å². The van der Waals surface area contributed by atoms with Gasteiger partial charge in [-0.3, -0.25) is 0 Å². The number of hydrogen-bond donors (Lipinski definition) is 1. The van der Waals surface area contributed by atoms with Crippen LogP contribution in [0.1, 0.15) is 12.7 Å². The zero-order chi connectivity index (χ0) is 18.6.